The second-order valence-electron chi connectivity index (χ2n) is 5.00. The first-order valence-electron chi connectivity index (χ1n) is 6.82. The van der Waals surface area contributed by atoms with Crippen LogP contribution in [0.25, 0.3) is 27.9 Å². The van der Waals surface area contributed by atoms with Gasteiger partial charge in [-0.15, -0.1) is 5.10 Å². The maximum absolute atomic E-state index is 9.38. The van der Waals surface area contributed by atoms with Crippen molar-refractivity contribution in [2.75, 3.05) is 5.73 Å². The topological polar surface area (TPSA) is 113 Å². The summed E-state index contributed by atoms with van der Waals surface area (Å²) in [5.74, 6) is 0.795. The number of phenols is 1. The number of hydrogen-bond acceptors (Lipinski definition) is 6. The number of nitrogens with two attached hydrogens (primary N) is 1. The molecule has 0 aliphatic carbocycles. The lowest BCUT2D eigenvalue weighted by atomic mass is 10.1. The van der Waals surface area contributed by atoms with E-state index in [1.807, 2.05) is 6.07 Å². The Kier molecular flexibility index (Phi) is 2.65. The van der Waals surface area contributed by atoms with E-state index in [0.29, 0.717) is 27.9 Å². The number of nitrogens with zero attached hydrogens (tertiary/aromatic N) is 5. The van der Waals surface area contributed by atoms with E-state index in [1.165, 1.54) is 4.52 Å². The molecule has 110 valence electrons. The summed E-state index contributed by atoms with van der Waals surface area (Å²) in [7, 11) is 0. The highest BCUT2D eigenvalue weighted by atomic mass is 16.3. The van der Waals surface area contributed by atoms with Gasteiger partial charge in [0.2, 0.25) is 5.95 Å². The zero-order chi connectivity index (χ0) is 16.0. The minimum atomic E-state index is 0.160. The summed E-state index contributed by atoms with van der Waals surface area (Å²) >= 11 is 0. The smallest absolute Gasteiger partial charge is 0.223 e. The molecule has 2 aromatic heterocycles. The third-order valence-electron chi connectivity index (χ3n) is 3.57. The monoisotopic (exact) mass is 302 g/mol. The van der Waals surface area contributed by atoms with E-state index < -0.39 is 0 Å². The molecule has 7 nitrogen and oxygen atoms in total. The van der Waals surface area contributed by atoms with Gasteiger partial charge in [0.1, 0.15) is 11.8 Å². The summed E-state index contributed by atoms with van der Waals surface area (Å²) in [6.45, 7) is 0. The number of nitriles is 1. The first kappa shape index (κ1) is 13.0. The predicted molar refractivity (Wildman–Crippen MR) is 84.5 cm³/mol. The zero-order valence-electron chi connectivity index (χ0n) is 11.8. The fourth-order valence-electron chi connectivity index (χ4n) is 2.48. The van der Waals surface area contributed by atoms with Gasteiger partial charge in [0, 0.05) is 10.9 Å². The van der Waals surface area contributed by atoms with Crippen LogP contribution >= 0.6 is 0 Å². The van der Waals surface area contributed by atoms with E-state index in [1.54, 1.807) is 36.4 Å². The molecule has 0 spiro atoms. The van der Waals surface area contributed by atoms with Crippen LogP contribution in [0.2, 0.25) is 0 Å². The van der Waals surface area contributed by atoms with Crippen LogP contribution in [-0.4, -0.2) is 24.7 Å². The van der Waals surface area contributed by atoms with Gasteiger partial charge in [-0.05, 0) is 36.4 Å². The lowest BCUT2D eigenvalue weighted by Gasteiger charge is -2.02. The van der Waals surface area contributed by atoms with Crippen molar-refractivity contribution in [2.45, 2.75) is 0 Å². The molecule has 0 unspecified atom stereocenters. The Labute approximate surface area is 130 Å². The summed E-state index contributed by atoms with van der Waals surface area (Å²) < 4.78 is 1.45. The molecule has 4 aromatic rings. The number of benzene rings is 2. The summed E-state index contributed by atoms with van der Waals surface area (Å²) in [6, 6.07) is 14.0. The molecule has 4 rings (SSSR count). The molecule has 2 heterocycles. The number of hydrogen-bond donors (Lipinski definition) is 2. The third-order valence-corrected chi connectivity index (χ3v) is 3.57. The molecular weight excluding hydrogens is 292 g/mol. The third kappa shape index (κ3) is 1.93. The van der Waals surface area contributed by atoms with Crippen LogP contribution in [-0.2, 0) is 0 Å². The van der Waals surface area contributed by atoms with E-state index in [2.05, 4.69) is 21.1 Å². The van der Waals surface area contributed by atoms with E-state index in [9.17, 15) is 10.4 Å². The molecule has 0 fully saturated rings. The maximum atomic E-state index is 9.38. The Hall–Kier alpha value is -3.66. The Morgan fingerprint density at radius 3 is 2.61 bits per heavy atom. The van der Waals surface area contributed by atoms with Gasteiger partial charge in [0.05, 0.1) is 11.1 Å². The van der Waals surface area contributed by atoms with Gasteiger partial charge in [-0.3, -0.25) is 0 Å². The lowest BCUT2D eigenvalue weighted by Crippen LogP contribution is -2.03. The zero-order valence-corrected chi connectivity index (χ0v) is 11.8. The molecule has 0 radical (unpaired) electrons. The van der Waals surface area contributed by atoms with E-state index in [0.717, 1.165) is 5.56 Å². The van der Waals surface area contributed by atoms with Crippen molar-refractivity contribution in [3.8, 4) is 23.2 Å². The Morgan fingerprint density at radius 1 is 1.09 bits per heavy atom. The van der Waals surface area contributed by atoms with Crippen LogP contribution in [0.4, 0.5) is 5.95 Å². The molecular formula is C16H10N6O. The molecule has 7 heteroatoms. The minimum absolute atomic E-state index is 0.160. The van der Waals surface area contributed by atoms with E-state index in [4.69, 9.17) is 5.73 Å². The fraction of sp³-hybridized carbons (Fsp3) is 0. The second-order valence-corrected chi connectivity index (χ2v) is 5.00. The average Bonchev–Trinajstić information content (AvgIpc) is 3.01. The molecule has 0 aliphatic rings. The second kappa shape index (κ2) is 4.68. The van der Waals surface area contributed by atoms with Crippen molar-refractivity contribution >= 4 is 22.5 Å². The highest BCUT2D eigenvalue weighted by Gasteiger charge is 2.14. The van der Waals surface area contributed by atoms with Gasteiger partial charge in [-0.1, -0.05) is 6.07 Å². The van der Waals surface area contributed by atoms with Crippen molar-refractivity contribution in [1.29, 1.82) is 5.26 Å². The number of phenolic OH excluding ortho intramolecular Hbond substituents is 1. The van der Waals surface area contributed by atoms with E-state index >= 15 is 0 Å². The van der Waals surface area contributed by atoms with Crippen LogP contribution in [0.3, 0.4) is 0 Å². The van der Waals surface area contributed by atoms with Crippen LogP contribution in [0, 0.1) is 11.3 Å². The number of anilines is 1. The largest absolute Gasteiger partial charge is 0.508 e. The number of para-hydroxylation sites is 1. The average molecular weight is 302 g/mol. The first-order chi connectivity index (χ1) is 11.2. The van der Waals surface area contributed by atoms with Gasteiger partial charge >= 0.3 is 0 Å². The molecule has 0 saturated carbocycles. The molecule has 3 N–H and O–H groups in total. The van der Waals surface area contributed by atoms with Gasteiger partial charge in [0.25, 0.3) is 0 Å². The standard InChI is InChI=1S/C16H10N6O/c17-8-10-2-1-3-12-13(10)19-16(18)22-15(12)20-14(21-22)9-4-6-11(23)7-5-9/h1-7,23H,(H2,18,19). The quantitative estimate of drug-likeness (QED) is 0.556. The number of fused-ring (bicyclic) bond motifs is 3. The van der Waals surface area contributed by atoms with Crippen molar-refractivity contribution in [1.82, 2.24) is 19.6 Å². The number of nitrogen functional groups attached to an aromatic ring is 1. The van der Waals surface area contributed by atoms with Crippen LogP contribution < -0.4 is 5.73 Å². The van der Waals surface area contributed by atoms with E-state index in [-0.39, 0.29) is 11.7 Å². The predicted octanol–water partition coefficient (Wildman–Crippen LogP) is 2.10. The summed E-state index contributed by atoms with van der Waals surface area (Å²) in [6.07, 6.45) is 0. The van der Waals surface area contributed by atoms with Crippen molar-refractivity contribution < 1.29 is 5.11 Å². The minimum Gasteiger partial charge on any atom is -0.508 e. The fourth-order valence-corrected chi connectivity index (χ4v) is 2.48. The van der Waals surface area contributed by atoms with Gasteiger partial charge in [-0.25, -0.2) is 9.97 Å². The molecule has 23 heavy (non-hydrogen) atoms. The molecule has 0 aliphatic heterocycles. The van der Waals surface area contributed by atoms with Gasteiger partial charge < -0.3 is 10.8 Å². The molecule has 0 atom stereocenters. The number of aromatic nitrogens is 4. The molecule has 2 aromatic carbocycles. The molecule has 0 amide bonds. The lowest BCUT2D eigenvalue weighted by molar-refractivity contribution is 0.475. The maximum Gasteiger partial charge on any atom is 0.223 e. The summed E-state index contributed by atoms with van der Waals surface area (Å²) in [5.41, 5.74) is 8.18. The Bertz CT molecular complexity index is 1090. The SMILES string of the molecule is N#Cc1cccc2c1nc(N)n1nc(-c3ccc(O)cc3)nc21. The number of rotatable bonds is 1. The van der Waals surface area contributed by atoms with Crippen molar-refractivity contribution in [3.05, 3.63) is 48.0 Å². The van der Waals surface area contributed by atoms with Crippen LogP contribution in [0.15, 0.2) is 42.5 Å². The Balaban J connectivity index is 2.05. The summed E-state index contributed by atoms with van der Waals surface area (Å²) in [4.78, 5) is 8.79. The summed E-state index contributed by atoms with van der Waals surface area (Å²) in [5, 5.41) is 23.7. The highest BCUT2D eigenvalue weighted by Crippen LogP contribution is 2.25. The van der Waals surface area contributed by atoms with Crippen molar-refractivity contribution in [3.63, 3.8) is 0 Å². The van der Waals surface area contributed by atoms with Crippen molar-refractivity contribution in [2.24, 2.45) is 0 Å². The van der Waals surface area contributed by atoms with Gasteiger partial charge in [-0.2, -0.15) is 9.78 Å². The van der Waals surface area contributed by atoms with Gasteiger partial charge in [0.15, 0.2) is 11.5 Å². The molecule has 0 bridgehead atoms. The normalized spacial score (nSPS) is 10.9. The van der Waals surface area contributed by atoms with Crippen LogP contribution in [0.5, 0.6) is 5.75 Å². The van der Waals surface area contributed by atoms with Crippen LogP contribution in [0.1, 0.15) is 5.56 Å². The highest BCUT2D eigenvalue weighted by molar-refractivity contribution is 5.95. The first-order valence-corrected chi connectivity index (χ1v) is 6.82. The molecule has 0 saturated heterocycles. The Morgan fingerprint density at radius 2 is 1.87 bits per heavy atom. The number of aromatic hydroxyl groups is 1.